The van der Waals surface area contributed by atoms with Crippen LogP contribution in [0.5, 0.6) is 0 Å². The van der Waals surface area contributed by atoms with Crippen LogP contribution in [0.2, 0.25) is 0 Å². The number of carbonyl (C=O) groups excluding carboxylic acids is 3. The number of hydrogen-bond acceptors (Lipinski definition) is 6. The predicted octanol–water partition coefficient (Wildman–Crippen LogP) is 8.91. The highest BCUT2D eigenvalue weighted by molar-refractivity contribution is 6.11. The monoisotopic (exact) mass is 609 g/mol. The number of aliphatic hydroxyl groups is 3. The van der Waals surface area contributed by atoms with Gasteiger partial charge in [0.25, 0.3) is 0 Å². The molecule has 0 aliphatic rings. The summed E-state index contributed by atoms with van der Waals surface area (Å²) in [6, 6.07) is 0. The molecule has 0 saturated carbocycles. The number of unbranched alkanes of at least 4 members (excludes halogenated alkanes) is 19. The molecule has 2 atom stereocenters. The average molecular weight is 609 g/mol. The van der Waals surface area contributed by atoms with Crippen molar-refractivity contribution in [1.82, 2.24) is 0 Å². The van der Waals surface area contributed by atoms with Gasteiger partial charge in [0.1, 0.15) is 12.2 Å². The Hall–Kier alpha value is -1.37. The van der Waals surface area contributed by atoms with Crippen LogP contribution in [0.4, 0.5) is 0 Å². The normalized spacial score (nSPS) is 13.4. The predicted molar refractivity (Wildman–Crippen MR) is 178 cm³/mol. The van der Waals surface area contributed by atoms with Gasteiger partial charge < -0.3 is 15.3 Å². The molecule has 0 aromatic heterocycles. The van der Waals surface area contributed by atoms with Gasteiger partial charge in [0.05, 0.1) is 0 Å². The van der Waals surface area contributed by atoms with Crippen molar-refractivity contribution in [2.45, 2.75) is 206 Å². The Labute approximate surface area is 264 Å². The van der Waals surface area contributed by atoms with Crippen LogP contribution in [0, 0.1) is 0 Å². The van der Waals surface area contributed by atoms with Gasteiger partial charge in [-0.25, -0.2) is 0 Å². The molecule has 0 radical (unpaired) electrons. The van der Waals surface area contributed by atoms with Crippen molar-refractivity contribution in [2.24, 2.45) is 0 Å². The van der Waals surface area contributed by atoms with Crippen LogP contribution in [0.3, 0.4) is 0 Å². The first-order chi connectivity index (χ1) is 20.8. The molecule has 3 N–H and O–H groups in total. The van der Waals surface area contributed by atoms with Crippen molar-refractivity contribution in [2.75, 3.05) is 0 Å². The van der Waals surface area contributed by atoms with Gasteiger partial charge >= 0.3 is 0 Å². The largest absolute Gasteiger partial charge is 0.386 e. The molecule has 0 amide bonds. The highest BCUT2D eigenvalue weighted by atomic mass is 16.4. The molecule has 0 fully saturated rings. The molecule has 0 saturated heterocycles. The minimum absolute atomic E-state index is 0.0445. The van der Waals surface area contributed by atoms with E-state index in [1.165, 1.54) is 38.5 Å². The highest BCUT2D eigenvalue weighted by Gasteiger charge is 2.52. The van der Waals surface area contributed by atoms with Gasteiger partial charge in [-0.2, -0.15) is 0 Å². The smallest absolute Gasteiger partial charge is 0.210 e. The number of hydrogen-bond donors (Lipinski definition) is 3. The Morgan fingerprint density at radius 1 is 0.512 bits per heavy atom. The van der Waals surface area contributed by atoms with E-state index in [9.17, 15) is 29.7 Å². The second-order valence-corrected chi connectivity index (χ2v) is 12.6. The van der Waals surface area contributed by atoms with E-state index >= 15 is 0 Å². The molecular formula is C37H68O6. The second-order valence-electron chi connectivity index (χ2n) is 12.6. The first-order valence-corrected chi connectivity index (χ1v) is 18.1. The molecule has 6 nitrogen and oxygen atoms in total. The van der Waals surface area contributed by atoms with Crippen molar-refractivity contribution < 1.29 is 29.7 Å². The summed E-state index contributed by atoms with van der Waals surface area (Å²) in [7, 11) is 0. The van der Waals surface area contributed by atoms with Crippen LogP contribution in [0.15, 0.2) is 12.2 Å². The summed E-state index contributed by atoms with van der Waals surface area (Å²) >= 11 is 0. The van der Waals surface area contributed by atoms with Gasteiger partial charge in [-0.3, -0.25) is 14.4 Å². The van der Waals surface area contributed by atoms with E-state index < -0.39 is 35.2 Å². The maximum absolute atomic E-state index is 13.1. The molecule has 2 unspecified atom stereocenters. The number of ketones is 3. The van der Waals surface area contributed by atoms with E-state index in [0.717, 1.165) is 89.9 Å². The van der Waals surface area contributed by atoms with Gasteiger partial charge in [-0.1, -0.05) is 136 Å². The maximum Gasteiger partial charge on any atom is 0.210 e. The summed E-state index contributed by atoms with van der Waals surface area (Å²) in [5, 5.41) is 32.8. The van der Waals surface area contributed by atoms with Crippen LogP contribution in [0.1, 0.15) is 188 Å². The minimum Gasteiger partial charge on any atom is -0.386 e. The molecule has 0 bridgehead atoms. The van der Waals surface area contributed by atoms with Gasteiger partial charge in [0, 0.05) is 19.3 Å². The van der Waals surface area contributed by atoms with Crippen molar-refractivity contribution in [3.05, 3.63) is 12.2 Å². The fraction of sp³-hybridized carbons (Fsp3) is 0.865. The van der Waals surface area contributed by atoms with Crippen LogP contribution in [-0.2, 0) is 14.4 Å². The SMILES string of the molecule is CCCCCCCC/C=C\CCCCCCCC(=O)C(O)C(O)C(O)(C(=O)CCCCCCC)C(=O)CCCCCCC. The number of allylic oxidation sites excluding steroid dienone is 2. The average Bonchev–Trinajstić information content (AvgIpc) is 3.01. The molecule has 0 rings (SSSR count). The van der Waals surface area contributed by atoms with Crippen LogP contribution in [-0.4, -0.2) is 50.5 Å². The second kappa shape index (κ2) is 28.1. The fourth-order valence-electron chi connectivity index (χ4n) is 5.57. The van der Waals surface area contributed by atoms with E-state index in [-0.39, 0.29) is 19.3 Å². The van der Waals surface area contributed by atoms with E-state index in [2.05, 4.69) is 32.9 Å². The highest BCUT2D eigenvalue weighted by Crippen LogP contribution is 2.25. The number of carbonyl (C=O) groups is 3. The lowest BCUT2D eigenvalue weighted by Crippen LogP contribution is -2.61. The van der Waals surface area contributed by atoms with Gasteiger partial charge in [0.15, 0.2) is 17.3 Å². The van der Waals surface area contributed by atoms with Gasteiger partial charge in [-0.15, -0.1) is 0 Å². The van der Waals surface area contributed by atoms with Crippen molar-refractivity contribution >= 4 is 17.3 Å². The molecule has 0 aliphatic carbocycles. The van der Waals surface area contributed by atoms with Crippen LogP contribution >= 0.6 is 0 Å². The summed E-state index contributed by atoms with van der Waals surface area (Å²) < 4.78 is 0. The van der Waals surface area contributed by atoms with E-state index in [0.29, 0.717) is 19.3 Å². The first-order valence-electron chi connectivity index (χ1n) is 18.1. The Bertz CT molecular complexity index is 705. The summed E-state index contributed by atoms with van der Waals surface area (Å²) in [5.74, 6) is -2.21. The molecule has 0 heterocycles. The molecule has 0 spiro atoms. The summed E-state index contributed by atoms with van der Waals surface area (Å²) in [5.41, 5.74) is -2.74. The van der Waals surface area contributed by atoms with Gasteiger partial charge in [0.2, 0.25) is 5.60 Å². The van der Waals surface area contributed by atoms with E-state index in [1.807, 2.05) is 0 Å². The maximum atomic E-state index is 13.1. The van der Waals surface area contributed by atoms with Crippen LogP contribution in [0.25, 0.3) is 0 Å². The third-order valence-electron chi connectivity index (χ3n) is 8.61. The lowest BCUT2D eigenvalue weighted by Gasteiger charge is -2.32. The zero-order valence-electron chi connectivity index (χ0n) is 28.3. The third-order valence-corrected chi connectivity index (χ3v) is 8.61. The van der Waals surface area contributed by atoms with Crippen LogP contribution < -0.4 is 0 Å². The lowest BCUT2D eigenvalue weighted by molar-refractivity contribution is -0.174. The topological polar surface area (TPSA) is 112 Å². The molecule has 0 aliphatic heterocycles. The summed E-state index contributed by atoms with van der Waals surface area (Å²) in [6.45, 7) is 6.42. The molecule has 0 aromatic carbocycles. The van der Waals surface area contributed by atoms with Crippen molar-refractivity contribution in [1.29, 1.82) is 0 Å². The molecule has 43 heavy (non-hydrogen) atoms. The molecule has 252 valence electrons. The first kappa shape index (κ1) is 41.6. The Morgan fingerprint density at radius 2 is 0.837 bits per heavy atom. The molecular weight excluding hydrogens is 540 g/mol. The quantitative estimate of drug-likeness (QED) is 0.0399. The Balaban J connectivity index is 4.62. The van der Waals surface area contributed by atoms with E-state index in [4.69, 9.17) is 0 Å². The lowest BCUT2D eigenvalue weighted by atomic mass is 9.79. The number of rotatable bonds is 32. The zero-order valence-corrected chi connectivity index (χ0v) is 28.3. The summed E-state index contributed by atoms with van der Waals surface area (Å²) in [6.07, 6.45) is 23.7. The Morgan fingerprint density at radius 3 is 1.23 bits per heavy atom. The minimum atomic E-state index is -2.74. The zero-order chi connectivity index (χ0) is 32.2. The van der Waals surface area contributed by atoms with E-state index in [1.54, 1.807) is 0 Å². The number of Topliss-reactive ketones (excluding diaryl/α,β-unsaturated/α-hetero) is 3. The third kappa shape index (κ3) is 19.6. The van der Waals surface area contributed by atoms with Crippen molar-refractivity contribution in [3.8, 4) is 0 Å². The number of aliphatic hydroxyl groups excluding tert-OH is 2. The Kier molecular flexibility index (Phi) is 27.2. The molecule has 6 heteroatoms. The molecule has 0 aromatic rings. The summed E-state index contributed by atoms with van der Waals surface area (Å²) in [4.78, 5) is 38.9. The van der Waals surface area contributed by atoms with Gasteiger partial charge in [-0.05, 0) is 44.9 Å². The van der Waals surface area contributed by atoms with Crippen molar-refractivity contribution in [3.63, 3.8) is 0 Å². The fourth-order valence-corrected chi connectivity index (χ4v) is 5.57. The standard InChI is InChI=1S/C37H68O6/c1-4-7-10-13-14-15-16-17-18-19-20-21-22-25-26-29-32(38)35(41)36(42)37(43,33(39)30-27-23-11-8-5-2)34(40)31-28-24-12-9-6-3/h17-18,35-36,41-43H,4-16,19-31H2,1-3H3/b18-17-.